The molecule has 0 bridgehead atoms. The molecule has 4 heteroatoms. The highest BCUT2D eigenvalue weighted by Gasteiger charge is 2.49. The molecule has 1 atom stereocenters. The van der Waals surface area contributed by atoms with Crippen molar-refractivity contribution in [3.8, 4) is 0 Å². The van der Waals surface area contributed by atoms with Crippen molar-refractivity contribution in [2.24, 2.45) is 5.92 Å². The maximum Gasteiger partial charge on any atom is 0.329 e. The third-order valence-corrected chi connectivity index (χ3v) is 3.34. The lowest BCUT2D eigenvalue weighted by Crippen LogP contribution is -2.41. The maximum absolute atomic E-state index is 11.4. The van der Waals surface area contributed by atoms with Crippen molar-refractivity contribution in [1.82, 2.24) is 9.55 Å². The van der Waals surface area contributed by atoms with Gasteiger partial charge in [-0.1, -0.05) is 6.92 Å². The van der Waals surface area contributed by atoms with E-state index in [2.05, 4.69) is 4.98 Å². The molecule has 1 unspecified atom stereocenters. The van der Waals surface area contributed by atoms with Crippen molar-refractivity contribution < 1.29 is 9.90 Å². The molecule has 0 amide bonds. The van der Waals surface area contributed by atoms with E-state index < -0.39 is 11.5 Å². The van der Waals surface area contributed by atoms with E-state index >= 15 is 0 Å². The van der Waals surface area contributed by atoms with Gasteiger partial charge >= 0.3 is 5.97 Å². The Labute approximate surface area is 88.9 Å². The molecule has 1 aromatic heterocycles. The molecule has 2 rings (SSSR count). The van der Waals surface area contributed by atoms with Crippen LogP contribution in [0.5, 0.6) is 0 Å². The molecule has 0 aliphatic heterocycles. The van der Waals surface area contributed by atoms with Crippen LogP contribution in [-0.4, -0.2) is 20.6 Å². The van der Waals surface area contributed by atoms with E-state index in [4.69, 9.17) is 0 Å². The number of aliphatic carboxylic acids is 1. The molecule has 0 spiro atoms. The van der Waals surface area contributed by atoms with Gasteiger partial charge in [0.05, 0.1) is 0 Å². The Morgan fingerprint density at radius 1 is 1.73 bits per heavy atom. The number of rotatable bonds is 4. The molecule has 1 N–H and O–H groups in total. The van der Waals surface area contributed by atoms with Gasteiger partial charge in [-0.25, -0.2) is 9.78 Å². The van der Waals surface area contributed by atoms with Gasteiger partial charge in [-0.15, -0.1) is 0 Å². The van der Waals surface area contributed by atoms with Gasteiger partial charge in [-0.2, -0.15) is 0 Å². The summed E-state index contributed by atoms with van der Waals surface area (Å²) in [6.45, 7) is 3.79. The van der Waals surface area contributed by atoms with Crippen LogP contribution < -0.4 is 0 Å². The first kappa shape index (κ1) is 10.2. The Morgan fingerprint density at radius 2 is 2.40 bits per heavy atom. The second-order valence-electron chi connectivity index (χ2n) is 4.29. The molecule has 82 valence electrons. The zero-order valence-electron chi connectivity index (χ0n) is 9.10. The maximum atomic E-state index is 11.4. The van der Waals surface area contributed by atoms with Crippen molar-refractivity contribution in [2.75, 3.05) is 0 Å². The van der Waals surface area contributed by atoms with Gasteiger partial charge in [-0.05, 0) is 25.7 Å². The minimum Gasteiger partial charge on any atom is -0.479 e. The fraction of sp³-hybridized carbons (Fsp3) is 0.636. The molecule has 0 aromatic carbocycles. The second kappa shape index (κ2) is 3.36. The number of nitrogens with zero attached hydrogens (tertiary/aromatic N) is 2. The average Bonchev–Trinajstić information content (AvgIpc) is 2.95. The molecular weight excluding hydrogens is 192 g/mol. The van der Waals surface area contributed by atoms with Crippen LogP contribution in [0.2, 0.25) is 0 Å². The first-order valence-corrected chi connectivity index (χ1v) is 5.36. The molecule has 1 fully saturated rings. The Bertz CT molecular complexity index is 382. The van der Waals surface area contributed by atoms with Crippen LogP contribution in [-0.2, 0) is 16.8 Å². The number of carboxylic acid groups (broad SMARTS) is 1. The van der Waals surface area contributed by atoms with E-state index in [1.54, 1.807) is 19.3 Å². The first-order chi connectivity index (χ1) is 7.10. The van der Waals surface area contributed by atoms with E-state index in [0.717, 1.165) is 25.1 Å². The Morgan fingerprint density at radius 3 is 2.87 bits per heavy atom. The summed E-state index contributed by atoms with van der Waals surface area (Å²) in [7, 11) is 0. The van der Waals surface area contributed by atoms with Crippen LogP contribution in [0.25, 0.3) is 0 Å². The van der Waals surface area contributed by atoms with Gasteiger partial charge in [0.2, 0.25) is 0 Å². The van der Waals surface area contributed by atoms with E-state index in [0.29, 0.717) is 0 Å². The first-order valence-electron chi connectivity index (χ1n) is 5.36. The molecule has 1 aliphatic rings. The van der Waals surface area contributed by atoms with Crippen molar-refractivity contribution in [3.63, 3.8) is 0 Å². The summed E-state index contributed by atoms with van der Waals surface area (Å²) in [4.78, 5) is 15.6. The van der Waals surface area contributed by atoms with Crippen molar-refractivity contribution in [3.05, 3.63) is 18.2 Å². The molecular formula is C11H16N2O2. The number of hydrogen-bond acceptors (Lipinski definition) is 2. The highest BCUT2D eigenvalue weighted by molar-refractivity contribution is 5.77. The molecule has 15 heavy (non-hydrogen) atoms. The lowest BCUT2D eigenvalue weighted by molar-refractivity contribution is -0.148. The van der Waals surface area contributed by atoms with Gasteiger partial charge in [-0.3, -0.25) is 0 Å². The summed E-state index contributed by atoms with van der Waals surface area (Å²) < 4.78 is 1.83. The van der Waals surface area contributed by atoms with Gasteiger partial charge in [0.1, 0.15) is 11.4 Å². The fourth-order valence-corrected chi connectivity index (χ4v) is 2.14. The summed E-state index contributed by atoms with van der Waals surface area (Å²) in [6, 6.07) is 0. The van der Waals surface area contributed by atoms with Crippen LogP contribution >= 0.6 is 0 Å². The summed E-state index contributed by atoms with van der Waals surface area (Å²) >= 11 is 0. The van der Waals surface area contributed by atoms with Gasteiger partial charge in [0, 0.05) is 18.8 Å². The predicted octanol–water partition coefficient (Wildman–Crippen LogP) is 1.66. The van der Waals surface area contributed by atoms with Crippen LogP contribution in [0.3, 0.4) is 0 Å². The summed E-state index contributed by atoms with van der Waals surface area (Å²) in [5.41, 5.74) is -0.804. The third kappa shape index (κ3) is 1.44. The molecule has 1 aromatic rings. The van der Waals surface area contributed by atoms with Crippen LogP contribution in [0.4, 0.5) is 0 Å². The molecule has 1 aliphatic carbocycles. The average molecular weight is 208 g/mol. The topological polar surface area (TPSA) is 55.1 Å². The number of carboxylic acids is 1. The standard InChI is InChI=1S/C11H16N2O2/c1-3-9-12-6-7-13(9)11(2,10(14)15)8-4-5-8/h6-8H,3-5H2,1-2H3,(H,14,15). The Hall–Kier alpha value is -1.32. The molecule has 0 saturated heterocycles. The van der Waals surface area contributed by atoms with Crippen molar-refractivity contribution >= 4 is 5.97 Å². The molecule has 1 saturated carbocycles. The number of aryl methyl sites for hydroxylation is 1. The van der Waals surface area contributed by atoms with E-state index in [-0.39, 0.29) is 5.92 Å². The van der Waals surface area contributed by atoms with Crippen LogP contribution in [0, 0.1) is 5.92 Å². The lowest BCUT2D eigenvalue weighted by atomic mass is 9.95. The number of aromatic nitrogens is 2. The largest absolute Gasteiger partial charge is 0.479 e. The second-order valence-corrected chi connectivity index (χ2v) is 4.29. The SMILES string of the molecule is CCc1nccn1C(C)(C(=O)O)C1CC1. The van der Waals surface area contributed by atoms with E-state index in [9.17, 15) is 9.90 Å². The minimum absolute atomic E-state index is 0.259. The lowest BCUT2D eigenvalue weighted by Gasteiger charge is -2.28. The van der Waals surface area contributed by atoms with Crippen LogP contribution in [0.15, 0.2) is 12.4 Å². The van der Waals surface area contributed by atoms with E-state index in [1.165, 1.54) is 0 Å². The van der Waals surface area contributed by atoms with E-state index in [1.807, 2.05) is 11.5 Å². The molecule has 4 nitrogen and oxygen atoms in total. The Kier molecular flexibility index (Phi) is 2.29. The third-order valence-electron chi connectivity index (χ3n) is 3.34. The number of imidazole rings is 1. The number of hydrogen-bond donors (Lipinski definition) is 1. The summed E-state index contributed by atoms with van der Waals surface area (Å²) in [5.74, 6) is 0.360. The Balaban J connectivity index is 2.44. The van der Waals surface area contributed by atoms with Gasteiger partial charge < -0.3 is 9.67 Å². The molecule has 1 heterocycles. The van der Waals surface area contributed by atoms with Crippen molar-refractivity contribution in [2.45, 2.75) is 38.6 Å². The summed E-state index contributed by atoms with van der Waals surface area (Å²) in [6.07, 6.45) is 6.24. The zero-order valence-corrected chi connectivity index (χ0v) is 9.10. The monoisotopic (exact) mass is 208 g/mol. The molecule has 0 radical (unpaired) electrons. The normalized spacial score (nSPS) is 19.9. The highest BCUT2D eigenvalue weighted by atomic mass is 16.4. The summed E-state index contributed by atoms with van der Waals surface area (Å²) in [5, 5.41) is 9.39. The zero-order chi connectivity index (χ0) is 11.1. The quantitative estimate of drug-likeness (QED) is 0.818. The number of carbonyl (C=O) groups is 1. The smallest absolute Gasteiger partial charge is 0.329 e. The van der Waals surface area contributed by atoms with Crippen LogP contribution in [0.1, 0.15) is 32.5 Å². The van der Waals surface area contributed by atoms with Crippen molar-refractivity contribution in [1.29, 1.82) is 0 Å². The minimum atomic E-state index is -0.804. The predicted molar refractivity (Wildman–Crippen MR) is 55.6 cm³/mol. The van der Waals surface area contributed by atoms with Gasteiger partial charge in [0.15, 0.2) is 0 Å². The highest BCUT2D eigenvalue weighted by Crippen LogP contribution is 2.44. The van der Waals surface area contributed by atoms with Gasteiger partial charge in [0.25, 0.3) is 0 Å². The fourth-order valence-electron chi connectivity index (χ4n) is 2.14.